The second-order valence-corrected chi connectivity index (χ2v) is 5.79. The number of carbonyl (C=O) groups excluding carboxylic acids is 1. The molecule has 0 saturated carbocycles. The lowest BCUT2D eigenvalue weighted by atomic mass is 10.1. The Balaban J connectivity index is 1.81. The molecule has 0 saturated heterocycles. The maximum Gasteiger partial charge on any atom is 0.338 e. The topological polar surface area (TPSA) is 83.7 Å². The van der Waals surface area contributed by atoms with Crippen LogP contribution in [0.4, 0.5) is 0 Å². The third-order valence-electron chi connectivity index (χ3n) is 3.56. The van der Waals surface area contributed by atoms with Gasteiger partial charge < -0.3 is 24.9 Å². The van der Waals surface area contributed by atoms with Gasteiger partial charge in [-0.1, -0.05) is 12.1 Å². The first-order valence-electron chi connectivity index (χ1n) is 8.56. The number of esters is 1. The first kappa shape index (κ1) is 19.2. The highest BCUT2D eigenvalue weighted by Crippen LogP contribution is 2.22. The van der Waals surface area contributed by atoms with Gasteiger partial charge in [0.2, 0.25) is 0 Å². The molecule has 25 heavy (non-hydrogen) atoms. The summed E-state index contributed by atoms with van der Waals surface area (Å²) in [5, 5.41) is 15.6. The molecule has 2 aromatic rings. The van der Waals surface area contributed by atoms with Gasteiger partial charge in [0.25, 0.3) is 0 Å². The van der Waals surface area contributed by atoms with Crippen molar-refractivity contribution in [2.24, 2.45) is 0 Å². The molecular weight excluding hydrogens is 320 g/mol. The number of rotatable bonds is 10. The second-order valence-electron chi connectivity index (χ2n) is 5.79. The number of aliphatic hydroxyl groups is 1. The maximum absolute atomic E-state index is 11.7. The first-order chi connectivity index (χ1) is 12.1. The largest absolute Gasteiger partial charge is 0.462 e. The van der Waals surface area contributed by atoms with E-state index in [-0.39, 0.29) is 12.1 Å². The summed E-state index contributed by atoms with van der Waals surface area (Å²) in [6, 6.07) is 11.0. The van der Waals surface area contributed by atoms with Gasteiger partial charge in [0.15, 0.2) is 0 Å². The van der Waals surface area contributed by atoms with Crippen LogP contribution >= 0.6 is 0 Å². The SMILES string of the molecule is CCOC(=O)c1ccc(-c2ccc(CNCCNC[C@H](C)O)o2)cc1. The zero-order valence-electron chi connectivity index (χ0n) is 14.7. The molecule has 0 spiro atoms. The molecule has 0 bridgehead atoms. The van der Waals surface area contributed by atoms with Gasteiger partial charge in [0.1, 0.15) is 11.5 Å². The van der Waals surface area contributed by atoms with Gasteiger partial charge in [0, 0.05) is 25.2 Å². The molecule has 1 aromatic heterocycles. The summed E-state index contributed by atoms with van der Waals surface area (Å²) in [5.74, 6) is 1.29. The quantitative estimate of drug-likeness (QED) is 0.452. The molecule has 3 N–H and O–H groups in total. The first-order valence-corrected chi connectivity index (χ1v) is 8.56. The summed E-state index contributed by atoms with van der Waals surface area (Å²) in [5.41, 5.74) is 1.45. The van der Waals surface area contributed by atoms with E-state index in [1.807, 2.05) is 24.3 Å². The molecule has 0 fully saturated rings. The van der Waals surface area contributed by atoms with Gasteiger partial charge in [0.05, 0.1) is 24.8 Å². The maximum atomic E-state index is 11.7. The highest BCUT2D eigenvalue weighted by molar-refractivity contribution is 5.89. The molecule has 1 atom stereocenters. The Hall–Kier alpha value is -2.15. The number of ether oxygens (including phenoxy) is 1. The Kier molecular flexibility index (Phi) is 7.66. The second kappa shape index (κ2) is 9.98. The summed E-state index contributed by atoms with van der Waals surface area (Å²) >= 11 is 0. The van der Waals surface area contributed by atoms with E-state index in [0.717, 1.165) is 30.2 Å². The Morgan fingerprint density at radius 2 is 1.88 bits per heavy atom. The van der Waals surface area contributed by atoms with E-state index in [4.69, 9.17) is 14.3 Å². The van der Waals surface area contributed by atoms with Crippen molar-refractivity contribution in [3.05, 3.63) is 47.7 Å². The van der Waals surface area contributed by atoms with Crippen LogP contribution in [-0.2, 0) is 11.3 Å². The number of hydrogen-bond acceptors (Lipinski definition) is 6. The Morgan fingerprint density at radius 1 is 1.16 bits per heavy atom. The van der Waals surface area contributed by atoms with Crippen LogP contribution in [0.1, 0.15) is 30.0 Å². The van der Waals surface area contributed by atoms with Crippen LogP contribution in [0.25, 0.3) is 11.3 Å². The van der Waals surface area contributed by atoms with E-state index < -0.39 is 0 Å². The molecule has 0 aliphatic heterocycles. The number of aliphatic hydroxyl groups excluding tert-OH is 1. The van der Waals surface area contributed by atoms with Gasteiger partial charge in [-0.25, -0.2) is 4.79 Å². The fourth-order valence-electron chi connectivity index (χ4n) is 2.31. The molecule has 0 aliphatic carbocycles. The van der Waals surface area contributed by atoms with Crippen molar-refractivity contribution in [3.8, 4) is 11.3 Å². The van der Waals surface area contributed by atoms with Crippen molar-refractivity contribution in [3.63, 3.8) is 0 Å². The van der Waals surface area contributed by atoms with Gasteiger partial charge >= 0.3 is 5.97 Å². The van der Waals surface area contributed by atoms with Crippen LogP contribution in [-0.4, -0.2) is 43.4 Å². The summed E-state index contributed by atoms with van der Waals surface area (Å²) in [4.78, 5) is 11.7. The minimum atomic E-state index is -0.331. The number of nitrogens with one attached hydrogen (secondary N) is 2. The van der Waals surface area contributed by atoms with Crippen LogP contribution < -0.4 is 10.6 Å². The molecule has 136 valence electrons. The number of furan rings is 1. The third-order valence-corrected chi connectivity index (χ3v) is 3.56. The monoisotopic (exact) mass is 346 g/mol. The van der Waals surface area contributed by atoms with Crippen molar-refractivity contribution in [2.45, 2.75) is 26.5 Å². The fourth-order valence-corrected chi connectivity index (χ4v) is 2.31. The van der Waals surface area contributed by atoms with E-state index >= 15 is 0 Å². The average molecular weight is 346 g/mol. The highest BCUT2D eigenvalue weighted by Gasteiger charge is 2.08. The van der Waals surface area contributed by atoms with Gasteiger partial charge in [-0.05, 0) is 38.1 Å². The van der Waals surface area contributed by atoms with Crippen LogP contribution in [0.3, 0.4) is 0 Å². The molecular formula is C19H26N2O4. The van der Waals surface area contributed by atoms with Crippen molar-refractivity contribution >= 4 is 5.97 Å². The standard InChI is InChI=1S/C19H26N2O4/c1-3-24-19(23)16-6-4-15(5-7-16)18-9-8-17(25-18)13-21-11-10-20-12-14(2)22/h4-9,14,20-22H,3,10-13H2,1-2H3/t14-/m0/s1. The van der Waals surface area contributed by atoms with Crippen LogP contribution in [0.2, 0.25) is 0 Å². The Morgan fingerprint density at radius 3 is 2.56 bits per heavy atom. The van der Waals surface area contributed by atoms with Crippen molar-refractivity contribution in [1.82, 2.24) is 10.6 Å². The minimum Gasteiger partial charge on any atom is -0.462 e. The lowest BCUT2D eigenvalue weighted by Gasteiger charge is -2.07. The average Bonchev–Trinajstić information content (AvgIpc) is 3.07. The summed E-state index contributed by atoms with van der Waals surface area (Å²) in [6.45, 7) is 6.71. The van der Waals surface area contributed by atoms with Crippen molar-refractivity contribution in [2.75, 3.05) is 26.2 Å². The van der Waals surface area contributed by atoms with Crippen LogP contribution in [0.5, 0.6) is 0 Å². The Labute approximate surface area is 148 Å². The van der Waals surface area contributed by atoms with E-state index in [1.165, 1.54) is 0 Å². The fraction of sp³-hybridized carbons (Fsp3) is 0.421. The molecule has 6 nitrogen and oxygen atoms in total. The predicted octanol–water partition coefficient (Wildman–Crippen LogP) is 2.18. The molecule has 0 amide bonds. The van der Waals surface area contributed by atoms with E-state index in [2.05, 4.69) is 10.6 Å². The van der Waals surface area contributed by atoms with E-state index in [1.54, 1.807) is 26.0 Å². The lowest BCUT2D eigenvalue weighted by Crippen LogP contribution is -2.31. The molecule has 1 aromatic carbocycles. The third kappa shape index (κ3) is 6.34. The zero-order valence-corrected chi connectivity index (χ0v) is 14.7. The van der Waals surface area contributed by atoms with Crippen LogP contribution in [0, 0.1) is 0 Å². The Bertz CT molecular complexity index is 650. The molecule has 1 heterocycles. The minimum absolute atomic E-state index is 0.317. The summed E-state index contributed by atoms with van der Waals surface area (Å²) in [6.07, 6.45) is -0.331. The lowest BCUT2D eigenvalue weighted by molar-refractivity contribution is 0.0526. The molecule has 2 rings (SSSR count). The predicted molar refractivity (Wildman–Crippen MR) is 96.4 cm³/mol. The highest BCUT2D eigenvalue weighted by atomic mass is 16.5. The van der Waals surface area contributed by atoms with E-state index in [9.17, 15) is 4.79 Å². The molecule has 0 radical (unpaired) electrons. The zero-order chi connectivity index (χ0) is 18.1. The molecule has 0 aliphatic rings. The van der Waals surface area contributed by atoms with Crippen molar-refractivity contribution < 1.29 is 19.1 Å². The number of carbonyl (C=O) groups is 1. The number of hydrogen-bond donors (Lipinski definition) is 3. The summed E-state index contributed by atoms with van der Waals surface area (Å²) < 4.78 is 10.8. The van der Waals surface area contributed by atoms with Crippen molar-refractivity contribution in [1.29, 1.82) is 0 Å². The molecule has 0 unspecified atom stereocenters. The molecule has 6 heteroatoms. The van der Waals surface area contributed by atoms with Crippen LogP contribution in [0.15, 0.2) is 40.8 Å². The van der Waals surface area contributed by atoms with Gasteiger partial charge in [-0.3, -0.25) is 0 Å². The summed E-state index contributed by atoms with van der Waals surface area (Å²) in [7, 11) is 0. The van der Waals surface area contributed by atoms with E-state index in [0.29, 0.717) is 25.3 Å². The normalized spacial score (nSPS) is 12.1. The van der Waals surface area contributed by atoms with Gasteiger partial charge in [-0.15, -0.1) is 0 Å². The van der Waals surface area contributed by atoms with Gasteiger partial charge in [-0.2, -0.15) is 0 Å². The number of benzene rings is 1. The smallest absolute Gasteiger partial charge is 0.338 e.